The summed E-state index contributed by atoms with van der Waals surface area (Å²) in [5.74, 6) is 0. The van der Waals surface area contributed by atoms with Gasteiger partial charge in [0.1, 0.15) is 0 Å². The largest absolute Gasteiger partial charge is 0.369 e. The van der Waals surface area contributed by atoms with Gasteiger partial charge in [-0.05, 0) is 60.2 Å². The van der Waals surface area contributed by atoms with Crippen molar-refractivity contribution in [3.63, 3.8) is 0 Å². The van der Waals surface area contributed by atoms with Crippen molar-refractivity contribution < 1.29 is 0 Å². The molecule has 0 aliphatic carbocycles. The molecule has 2 heterocycles. The average molecular weight is 652 g/mol. The van der Waals surface area contributed by atoms with Gasteiger partial charge in [-0.25, -0.2) is 0 Å². The summed E-state index contributed by atoms with van der Waals surface area (Å²) >= 11 is 6.07. The van der Waals surface area contributed by atoms with Crippen LogP contribution in [0.1, 0.15) is 12.8 Å². The van der Waals surface area contributed by atoms with Crippen LogP contribution in [-0.4, -0.2) is 42.2 Å². The van der Waals surface area contributed by atoms with Crippen molar-refractivity contribution in [1.82, 2.24) is 9.47 Å². The molecule has 1 aliphatic heterocycles. The lowest BCUT2D eigenvalue weighted by molar-refractivity contribution is 0.251. The summed E-state index contributed by atoms with van der Waals surface area (Å²) in [5, 5.41) is 4.10. The molecule has 1 saturated heterocycles. The van der Waals surface area contributed by atoms with E-state index < -0.39 is 0 Å². The smallest absolute Gasteiger partial charge is 0.262 e. The van der Waals surface area contributed by atoms with E-state index in [1.165, 1.54) is 10.3 Å². The van der Waals surface area contributed by atoms with E-state index in [-0.39, 0.29) is 16.5 Å². The first kappa shape index (κ1) is 30.3. The molecular formula is C41H34ClN3O3. The lowest BCUT2D eigenvalue weighted by Gasteiger charge is -2.36. The summed E-state index contributed by atoms with van der Waals surface area (Å²) in [6, 6.07) is 34.8. The molecule has 238 valence electrons. The Bertz CT molecular complexity index is 2420. The number of halogens is 1. The number of piperazine rings is 1. The predicted molar refractivity (Wildman–Crippen MR) is 198 cm³/mol. The zero-order chi connectivity index (χ0) is 32.8. The predicted octanol–water partition coefficient (Wildman–Crippen LogP) is 7.49. The molecule has 0 radical (unpaired) electrons. The fourth-order valence-electron chi connectivity index (χ4n) is 7.55. The summed E-state index contributed by atoms with van der Waals surface area (Å²) in [4.78, 5) is 47.9. The van der Waals surface area contributed by atoms with Crippen molar-refractivity contribution in [2.24, 2.45) is 0 Å². The quantitative estimate of drug-likeness (QED) is 0.159. The minimum atomic E-state index is -0.325. The number of unbranched alkanes of at least 4 members (excludes halogenated alkanes) is 1. The van der Waals surface area contributed by atoms with E-state index in [0.717, 1.165) is 66.1 Å². The molecule has 8 rings (SSSR count). The van der Waals surface area contributed by atoms with E-state index in [0.29, 0.717) is 45.6 Å². The van der Waals surface area contributed by atoms with Crippen LogP contribution in [0.4, 0.5) is 5.69 Å². The minimum absolute atomic E-state index is 0.116. The minimum Gasteiger partial charge on any atom is -0.369 e. The average Bonchev–Trinajstić information content (AvgIpc) is 3.56. The van der Waals surface area contributed by atoms with Crippen molar-refractivity contribution in [2.75, 3.05) is 37.6 Å². The van der Waals surface area contributed by atoms with Crippen LogP contribution < -0.4 is 21.4 Å². The first-order valence-electron chi connectivity index (χ1n) is 16.6. The molecule has 0 atom stereocenters. The van der Waals surface area contributed by atoms with Gasteiger partial charge < -0.3 is 4.90 Å². The van der Waals surface area contributed by atoms with Crippen LogP contribution in [0.15, 0.2) is 124 Å². The molecular weight excluding hydrogens is 618 g/mol. The molecule has 6 aromatic carbocycles. The molecule has 0 bridgehead atoms. The highest BCUT2D eigenvalue weighted by Gasteiger charge is 2.28. The topological polar surface area (TPSA) is 62.6 Å². The molecule has 48 heavy (non-hydrogen) atoms. The van der Waals surface area contributed by atoms with Gasteiger partial charge >= 0.3 is 0 Å². The molecule has 6 nitrogen and oxygen atoms in total. The number of anilines is 1. The maximum Gasteiger partial charge on any atom is 0.262 e. The van der Waals surface area contributed by atoms with Crippen LogP contribution in [0.3, 0.4) is 0 Å². The Morgan fingerprint density at radius 2 is 1.04 bits per heavy atom. The highest BCUT2D eigenvalue weighted by molar-refractivity contribution is 6.31. The van der Waals surface area contributed by atoms with Gasteiger partial charge in [-0.1, -0.05) is 96.5 Å². The van der Waals surface area contributed by atoms with Gasteiger partial charge in [-0.15, -0.1) is 0 Å². The Balaban J connectivity index is 1.17. The Morgan fingerprint density at radius 1 is 0.521 bits per heavy atom. The van der Waals surface area contributed by atoms with Crippen molar-refractivity contribution in [3.05, 3.63) is 145 Å². The molecule has 1 aromatic heterocycles. The van der Waals surface area contributed by atoms with Gasteiger partial charge in [0.25, 0.3) is 11.1 Å². The third-order valence-electron chi connectivity index (χ3n) is 9.88. The zero-order valence-corrected chi connectivity index (χ0v) is 27.2. The van der Waals surface area contributed by atoms with Crippen LogP contribution in [-0.2, 0) is 6.54 Å². The number of hydrogen-bond donors (Lipinski definition) is 0. The van der Waals surface area contributed by atoms with Crippen LogP contribution in [0.5, 0.6) is 0 Å². The Labute approximate surface area is 282 Å². The molecule has 0 N–H and O–H groups in total. The second-order valence-electron chi connectivity index (χ2n) is 12.6. The van der Waals surface area contributed by atoms with Crippen molar-refractivity contribution in [2.45, 2.75) is 19.4 Å². The number of hydrogen-bond acceptors (Lipinski definition) is 5. The lowest BCUT2D eigenvalue weighted by atomic mass is 9.89. The van der Waals surface area contributed by atoms with Gasteiger partial charge in [0.05, 0.1) is 10.8 Å². The molecule has 0 spiro atoms. The van der Waals surface area contributed by atoms with E-state index in [2.05, 4.69) is 21.9 Å². The molecule has 0 saturated carbocycles. The summed E-state index contributed by atoms with van der Waals surface area (Å²) < 4.78 is 1.41. The van der Waals surface area contributed by atoms with E-state index in [1.807, 2.05) is 97.1 Å². The van der Waals surface area contributed by atoms with Gasteiger partial charge in [-0.2, -0.15) is 0 Å². The SMILES string of the molecule is O=c1c2ccccc2c2c(-c3ccccc3)c3c(=O)n(CCCCN4CCN(c5ccc(Cl)cc5)CC4)c(=O)c3c(-c3ccccc3)c12. The Morgan fingerprint density at radius 3 is 1.65 bits per heavy atom. The van der Waals surface area contributed by atoms with E-state index in [4.69, 9.17) is 11.6 Å². The number of aromatic nitrogens is 1. The first-order valence-corrected chi connectivity index (χ1v) is 17.0. The van der Waals surface area contributed by atoms with E-state index in [1.54, 1.807) is 0 Å². The highest BCUT2D eigenvalue weighted by atomic mass is 35.5. The van der Waals surface area contributed by atoms with Crippen LogP contribution in [0.25, 0.3) is 54.6 Å². The number of benzene rings is 5. The van der Waals surface area contributed by atoms with Gasteiger partial charge in [-0.3, -0.25) is 23.9 Å². The van der Waals surface area contributed by atoms with Gasteiger partial charge in [0.2, 0.25) is 0 Å². The summed E-state index contributed by atoms with van der Waals surface area (Å²) in [5.41, 5.74) is 3.25. The zero-order valence-electron chi connectivity index (χ0n) is 26.5. The van der Waals surface area contributed by atoms with Crippen LogP contribution in [0.2, 0.25) is 5.02 Å². The highest BCUT2D eigenvalue weighted by Crippen LogP contribution is 2.43. The van der Waals surface area contributed by atoms with Crippen molar-refractivity contribution in [1.29, 1.82) is 0 Å². The van der Waals surface area contributed by atoms with Gasteiger partial charge in [0, 0.05) is 70.7 Å². The number of nitrogens with zero attached hydrogens (tertiary/aromatic N) is 3. The molecule has 7 aromatic rings. The standard InChI is InChI=1S/C41H34ClN3O3/c42-29-17-19-30(20-18-29)44-25-23-43(24-26-44)21-9-10-22-45-40(47)37-33(27-11-3-1-4-12-27)35-31-15-7-8-16-32(31)39(46)36(35)34(38(37)41(45)48)28-13-5-2-6-14-28/h1-8,11-20H,9-10,21-26H2. The Kier molecular flexibility index (Phi) is 7.91. The second-order valence-corrected chi connectivity index (χ2v) is 13.1. The van der Waals surface area contributed by atoms with Crippen LogP contribution in [0, 0.1) is 0 Å². The van der Waals surface area contributed by atoms with Crippen LogP contribution >= 0.6 is 11.6 Å². The Hall–Kier alpha value is -5.04. The summed E-state index contributed by atoms with van der Waals surface area (Å²) in [6.07, 6.45) is 1.57. The van der Waals surface area contributed by atoms with Crippen molar-refractivity contribution in [3.8, 4) is 22.3 Å². The molecule has 1 fully saturated rings. The van der Waals surface area contributed by atoms with E-state index >= 15 is 0 Å². The fraction of sp³-hybridized carbons (Fsp3) is 0.195. The fourth-order valence-corrected chi connectivity index (χ4v) is 7.67. The second kappa shape index (κ2) is 12.5. The maximum atomic E-state index is 14.5. The number of fused-ring (bicyclic) bond motifs is 4. The molecule has 0 amide bonds. The normalized spacial score (nSPS) is 14.1. The third-order valence-corrected chi connectivity index (χ3v) is 10.1. The maximum absolute atomic E-state index is 14.5. The first-order chi connectivity index (χ1) is 23.5. The van der Waals surface area contributed by atoms with Crippen molar-refractivity contribution >= 4 is 49.6 Å². The summed E-state index contributed by atoms with van der Waals surface area (Å²) in [6.45, 7) is 5.03. The summed E-state index contributed by atoms with van der Waals surface area (Å²) in [7, 11) is 0. The molecule has 7 heteroatoms. The van der Waals surface area contributed by atoms with E-state index in [9.17, 15) is 14.4 Å². The number of rotatable bonds is 8. The molecule has 1 aliphatic rings. The lowest BCUT2D eigenvalue weighted by Crippen LogP contribution is -2.46. The van der Waals surface area contributed by atoms with Gasteiger partial charge in [0.15, 0.2) is 5.43 Å². The third kappa shape index (κ3) is 5.13. The monoisotopic (exact) mass is 651 g/mol. The molecule has 0 unspecified atom stereocenters.